The molecule has 3 unspecified atom stereocenters. The van der Waals surface area contributed by atoms with E-state index in [0.29, 0.717) is 0 Å². The third-order valence-corrected chi connectivity index (χ3v) is 5.86. The fourth-order valence-corrected chi connectivity index (χ4v) is 4.74. The summed E-state index contributed by atoms with van der Waals surface area (Å²) in [5.41, 5.74) is 0. The van der Waals surface area contributed by atoms with Gasteiger partial charge in [-0.25, -0.2) is 0 Å². The van der Waals surface area contributed by atoms with Gasteiger partial charge < -0.3 is 14.9 Å². The topological polar surface area (TPSA) is 0 Å². The van der Waals surface area contributed by atoms with Crippen LogP contribution in [0.4, 0.5) is 0 Å². The number of fused-ring (bicyclic) bond motifs is 1. The van der Waals surface area contributed by atoms with Crippen molar-refractivity contribution in [2.45, 2.75) is 90.9 Å². The molecule has 0 saturated heterocycles. The number of rotatable bonds is 2. The van der Waals surface area contributed by atoms with Gasteiger partial charge in [-0.3, -0.25) is 0 Å². The second kappa shape index (κ2) is 16.9. The van der Waals surface area contributed by atoms with E-state index in [0.717, 1.165) is 23.7 Å². The van der Waals surface area contributed by atoms with E-state index in [9.17, 15) is 0 Å². The van der Waals surface area contributed by atoms with Crippen molar-refractivity contribution in [3.05, 3.63) is 14.9 Å². The zero-order valence-electron chi connectivity index (χ0n) is 16.1. The molecule has 0 aromatic rings. The molecule has 3 atom stereocenters. The third-order valence-electron chi connectivity index (χ3n) is 5.86. The van der Waals surface area contributed by atoms with Crippen molar-refractivity contribution in [2.24, 2.45) is 23.7 Å². The van der Waals surface area contributed by atoms with Crippen LogP contribution in [0.25, 0.3) is 0 Å². The first-order chi connectivity index (χ1) is 10.2. The molecule has 3 fully saturated rings. The Kier molecular flexibility index (Phi) is 19.6. The third kappa shape index (κ3) is 10.9. The van der Waals surface area contributed by atoms with Crippen LogP contribution in [0.2, 0.25) is 0 Å². The fraction of sp³-hybridized carbons (Fsp3) is 0.900. The SMILES string of the molecule is CC1CCC2CCCCC12.CCCC1CCCC1.[CH3-].[CH3-].[Cl][Zr+2][Cl]. The van der Waals surface area contributed by atoms with Crippen molar-refractivity contribution >= 4 is 17.0 Å². The Morgan fingerprint density at radius 3 is 1.87 bits per heavy atom. The van der Waals surface area contributed by atoms with E-state index in [2.05, 4.69) is 13.8 Å². The summed E-state index contributed by atoms with van der Waals surface area (Å²) >= 11 is -0.826. The van der Waals surface area contributed by atoms with Crippen molar-refractivity contribution in [3.8, 4) is 0 Å². The van der Waals surface area contributed by atoms with Gasteiger partial charge in [0.15, 0.2) is 0 Å². The van der Waals surface area contributed by atoms with E-state index in [4.69, 9.17) is 17.0 Å². The molecule has 23 heavy (non-hydrogen) atoms. The van der Waals surface area contributed by atoms with Gasteiger partial charge in [-0.15, -0.1) is 0 Å². The number of hydrogen-bond acceptors (Lipinski definition) is 0. The van der Waals surface area contributed by atoms with Crippen LogP contribution in [0.3, 0.4) is 0 Å². The zero-order chi connectivity index (χ0) is 15.5. The Morgan fingerprint density at radius 1 is 0.826 bits per heavy atom. The average Bonchev–Trinajstić information content (AvgIpc) is 3.12. The summed E-state index contributed by atoms with van der Waals surface area (Å²) in [5, 5.41) is 0. The molecule has 3 heteroatoms. The predicted octanol–water partition coefficient (Wildman–Crippen LogP) is 8.48. The first kappa shape index (κ1) is 26.7. The van der Waals surface area contributed by atoms with E-state index in [1.165, 1.54) is 57.8 Å². The van der Waals surface area contributed by atoms with Gasteiger partial charge in [-0.05, 0) is 36.5 Å². The van der Waals surface area contributed by atoms with Crippen molar-refractivity contribution in [2.75, 3.05) is 0 Å². The first-order valence-corrected chi connectivity index (χ1v) is 15.5. The van der Waals surface area contributed by atoms with Gasteiger partial charge in [-0.1, -0.05) is 78.1 Å². The Balaban J connectivity index is 0. The summed E-state index contributed by atoms with van der Waals surface area (Å²) < 4.78 is 0. The Morgan fingerprint density at radius 2 is 1.35 bits per heavy atom. The molecule has 3 aliphatic rings. The molecule has 3 rings (SSSR count). The van der Waals surface area contributed by atoms with Crippen LogP contribution in [0.15, 0.2) is 0 Å². The van der Waals surface area contributed by atoms with E-state index in [1.54, 1.807) is 19.3 Å². The Labute approximate surface area is 166 Å². The molecule has 0 spiro atoms. The van der Waals surface area contributed by atoms with E-state index < -0.39 is 20.8 Å². The normalized spacial score (nSPS) is 28.6. The van der Waals surface area contributed by atoms with Gasteiger partial charge in [0.2, 0.25) is 0 Å². The quantitative estimate of drug-likeness (QED) is 0.376. The molecule has 0 nitrogen and oxygen atoms in total. The minimum atomic E-state index is -0.826. The maximum atomic E-state index is 4.93. The summed E-state index contributed by atoms with van der Waals surface area (Å²) in [7, 11) is 9.87. The molecule has 0 aromatic carbocycles. The molecule has 0 amide bonds. The van der Waals surface area contributed by atoms with E-state index >= 15 is 0 Å². The average molecular weight is 443 g/mol. The fourth-order valence-electron chi connectivity index (χ4n) is 4.74. The van der Waals surface area contributed by atoms with Crippen molar-refractivity contribution in [3.63, 3.8) is 0 Å². The molecule has 0 aromatic heterocycles. The molecule has 0 aliphatic heterocycles. The standard InChI is InChI=1S/C10H18.C8H16.2CH3.2ClH.Zr/c1-8-6-7-9-4-2-3-5-10(8)9;1-2-5-8-6-3-4-7-8;;;;;/h8-10H,2-7H2,1H3;8H,2-7H2,1H3;2*1H3;2*1H;/q;;2*-1;;;+4/p-2. The van der Waals surface area contributed by atoms with Gasteiger partial charge in [0.05, 0.1) is 0 Å². The van der Waals surface area contributed by atoms with E-state index in [-0.39, 0.29) is 14.9 Å². The number of halogens is 2. The Hall–Kier alpha value is 1.46. The van der Waals surface area contributed by atoms with Crippen LogP contribution < -0.4 is 0 Å². The number of hydrogen-bond donors (Lipinski definition) is 0. The summed E-state index contributed by atoms with van der Waals surface area (Å²) in [4.78, 5) is 0. The molecule has 3 saturated carbocycles. The molecule has 138 valence electrons. The van der Waals surface area contributed by atoms with Crippen molar-refractivity contribution in [1.29, 1.82) is 0 Å². The van der Waals surface area contributed by atoms with Crippen LogP contribution >= 0.6 is 17.0 Å². The minimum absolute atomic E-state index is 0. The summed E-state index contributed by atoms with van der Waals surface area (Å²) in [6.07, 6.45) is 18.1. The zero-order valence-corrected chi connectivity index (χ0v) is 20.0. The molecule has 3 aliphatic carbocycles. The molecule has 0 heterocycles. The van der Waals surface area contributed by atoms with Crippen molar-refractivity contribution < 1.29 is 20.8 Å². The van der Waals surface area contributed by atoms with Crippen LogP contribution in [0.5, 0.6) is 0 Å². The van der Waals surface area contributed by atoms with Gasteiger partial charge in [0, 0.05) is 0 Å². The summed E-state index contributed by atoms with van der Waals surface area (Å²) in [5.74, 6) is 4.45. The molecule has 0 radical (unpaired) electrons. The van der Waals surface area contributed by atoms with Gasteiger partial charge in [0.1, 0.15) is 0 Å². The maximum absolute atomic E-state index is 4.93. The molecule has 0 N–H and O–H groups in total. The molecular weight excluding hydrogens is 402 g/mol. The molecule has 0 bridgehead atoms. The molecular formula is C20H40Cl2Zr. The van der Waals surface area contributed by atoms with Crippen LogP contribution in [0.1, 0.15) is 90.9 Å². The van der Waals surface area contributed by atoms with Crippen molar-refractivity contribution in [1.82, 2.24) is 0 Å². The van der Waals surface area contributed by atoms with Gasteiger partial charge >= 0.3 is 37.9 Å². The Bertz CT molecular complexity index is 240. The second-order valence-electron chi connectivity index (χ2n) is 7.27. The van der Waals surface area contributed by atoms with E-state index in [1.807, 2.05) is 0 Å². The van der Waals surface area contributed by atoms with Gasteiger partial charge in [0.25, 0.3) is 0 Å². The van der Waals surface area contributed by atoms with Crippen LogP contribution in [-0.4, -0.2) is 0 Å². The van der Waals surface area contributed by atoms with Crippen LogP contribution in [0, 0.1) is 38.5 Å². The first-order valence-electron chi connectivity index (χ1n) is 9.19. The monoisotopic (exact) mass is 440 g/mol. The predicted molar refractivity (Wildman–Crippen MR) is 105 cm³/mol. The summed E-state index contributed by atoms with van der Waals surface area (Å²) in [6, 6.07) is 0. The van der Waals surface area contributed by atoms with Gasteiger partial charge in [-0.2, -0.15) is 0 Å². The second-order valence-corrected chi connectivity index (χ2v) is 11.0. The van der Waals surface area contributed by atoms with Crippen LogP contribution in [-0.2, 0) is 20.8 Å². The summed E-state index contributed by atoms with van der Waals surface area (Å²) in [6.45, 7) is 4.74.